The van der Waals surface area contributed by atoms with E-state index in [4.69, 9.17) is 0 Å². The van der Waals surface area contributed by atoms with Gasteiger partial charge in [-0.2, -0.15) is 11.8 Å². The van der Waals surface area contributed by atoms with Crippen LogP contribution in [0.15, 0.2) is 0 Å². The normalized spacial score (nSPS) is 16.2. The first kappa shape index (κ1) is 13.3. The van der Waals surface area contributed by atoms with Gasteiger partial charge in [-0.05, 0) is 37.7 Å². The molecule has 0 bridgehead atoms. The van der Waals surface area contributed by atoms with Gasteiger partial charge in [0, 0.05) is 12.1 Å². The first-order valence-corrected chi connectivity index (χ1v) is 6.70. The van der Waals surface area contributed by atoms with E-state index in [9.17, 15) is 0 Å². The van der Waals surface area contributed by atoms with E-state index >= 15 is 0 Å². The lowest BCUT2D eigenvalue weighted by Crippen LogP contribution is -2.32. The summed E-state index contributed by atoms with van der Waals surface area (Å²) in [5.74, 6) is 2.17. The van der Waals surface area contributed by atoms with E-state index in [0.717, 1.165) is 5.92 Å². The van der Waals surface area contributed by atoms with Crippen molar-refractivity contribution in [3.63, 3.8) is 0 Å². The summed E-state index contributed by atoms with van der Waals surface area (Å²) >= 11 is 1.95. The van der Waals surface area contributed by atoms with Crippen LogP contribution in [-0.2, 0) is 0 Å². The average molecular weight is 203 g/mol. The monoisotopic (exact) mass is 203 g/mol. The van der Waals surface area contributed by atoms with Crippen molar-refractivity contribution in [1.82, 2.24) is 5.32 Å². The van der Waals surface area contributed by atoms with Crippen molar-refractivity contribution in [2.75, 3.05) is 12.0 Å². The third-order valence-corrected chi connectivity index (χ3v) is 3.06. The highest BCUT2D eigenvalue weighted by Crippen LogP contribution is 2.12. The Bertz CT molecular complexity index is 115. The highest BCUT2D eigenvalue weighted by Gasteiger charge is 2.06. The molecule has 0 aliphatic heterocycles. The molecule has 2 unspecified atom stereocenters. The fourth-order valence-electron chi connectivity index (χ4n) is 1.55. The van der Waals surface area contributed by atoms with E-state index < -0.39 is 0 Å². The van der Waals surface area contributed by atoms with Crippen LogP contribution in [0.2, 0.25) is 0 Å². The number of hydrogen-bond donors (Lipinski definition) is 1. The van der Waals surface area contributed by atoms with E-state index in [-0.39, 0.29) is 0 Å². The predicted molar refractivity (Wildman–Crippen MR) is 64.5 cm³/mol. The highest BCUT2D eigenvalue weighted by molar-refractivity contribution is 7.98. The Hall–Kier alpha value is 0.310. The molecule has 1 nitrogen and oxygen atoms in total. The van der Waals surface area contributed by atoms with Crippen LogP contribution in [0.3, 0.4) is 0 Å². The van der Waals surface area contributed by atoms with Crippen LogP contribution in [-0.4, -0.2) is 24.1 Å². The van der Waals surface area contributed by atoms with Crippen LogP contribution >= 0.6 is 11.8 Å². The van der Waals surface area contributed by atoms with Gasteiger partial charge in [-0.25, -0.2) is 0 Å². The Morgan fingerprint density at radius 1 is 1.08 bits per heavy atom. The lowest BCUT2D eigenvalue weighted by Gasteiger charge is -2.18. The third kappa shape index (κ3) is 8.63. The van der Waals surface area contributed by atoms with Crippen LogP contribution in [0.25, 0.3) is 0 Å². The van der Waals surface area contributed by atoms with Crippen molar-refractivity contribution in [3.05, 3.63) is 0 Å². The second-order valence-electron chi connectivity index (χ2n) is 4.36. The summed E-state index contributed by atoms with van der Waals surface area (Å²) < 4.78 is 0. The van der Waals surface area contributed by atoms with Crippen LogP contribution in [0.5, 0.6) is 0 Å². The van der Waals surface area contributed by atoms with Gasteiger partial charge >= 0.3 is 0 Å². The maximum absolute atomic E-state index is 3.53. The topological polar surface area (TPSA) is 12.0 Å². The molecule has 0 rings (SSSR count). The second-order valence-corrected chi connectivity index (χ2v) is 5.27. The molecule has 0 fully saturated rings. The predicted octanol–water partition coefficient (Wildman–Crippen LogP) is 3.15. The van der Waals surface area contributed by atoms with E-state index in [1.807, 2.05) is 11.8 Å². The molecule has 80 valence electrons. The second kappa shape index (κ2) is 7.69. The van der Waals surface area contributed by atoms with Gasteiger partial charge in [-0.15, -0.1) is 0 Å². The zero-order valence-corrected chi connectivity index (χ0v) is 10.6. The van der Waals surface area contributed by atoms with Crippen LogP contribution < -0.4 is 5.32 Å². The Balaban J connectivity index is 3.40. The molecule has 0 radical (unpaired) electrons. The standard InChI is InChI=1S/C11H25NS/c1-9(2)12-11(4)7-6-10(3)8-13-5/h9-12H,6-8H2,1-5H3. The van der Waals surface area contributed by atoms with Crippen molar-refractivity contribution < 1.29 is 0 Å². The molecule has 13 heavy (non-hydrogen) atoms. The molecule has 0 aromatic rings. The Kier molecular flexibility index (Phi) is 7.87. The van der Waals surface area contributed by atoms with E-state index in [1.54, 1.807) is 0 Å². The molecular formula is C11H25NS. The fraction of sp³-hybridized carbons (Fsp3) is 1.00. The maximum Gasteiger partial charge on any atom is 0.00411 e. The molecule has 0 heterocycles. The molecular weight excluding hydrogens is 178 g/mol. The van der Waals surface area contributed by atoms with Gasteiger partial charge in [-0.1, -0.05) is 20.8 Å². The average Bonchev–Trinajstić information content (AvgIpc) is 2.00. The number of nitrogens with one attached hydrogen (secondary N) is 1. The summed E-state index contributed by atoms with van der Waals surface area (Å²) in [5.41, 5.74) is 0. The van der Waals surface area contributed by atoms with E-state index in [0.29, 0.717) is 12.1 Å². The first-order chi connectivity index (χ1) is 6.06. The summed E-state index contributed by atoms with van der Waals surface area (Å²) in [6, 6.07) is 1.29. The van der Waals surface area contributed by atoms with Gasteiger partial charge in [-0.3, -0.25) is 0 Å². The largest absolute Gasteiger partial charge is 0.312 e. The molecule has 0 saturated heterocycles. The number of rotatable bonds is 7. The SMILES string of the molecule is CSCC(C)CCC(C)NC(C)C. The minimum Gasteiger partial charge on any atom is -0.312 e. The van der Waals surface area contributed by atoms with Crippen LogP contribution in [0.4, 0.5) is 0 Å². The summed E-state index contributed by atoms with van der Waals surface area (Å²) in [4.78, 5) is 0. The molecule has 1 N–H and O–H groups in total. The number of hydrogen-bond acceptors (Lipinski definition) is 2. The van der Waals surface area contributed by atoms with E-state index in [2.05, 4.69) is 39.3 Å². The Labute approximate surface area is 88.1 Å². The van der Waals surface area contributed by atoms with Crippen molar-refractivity contribution >= 4 is 11.8 Å². The van der Waals surface area contributed by atoms with Crippen LogP contribution in [0.1, 0.15) is 40.5 Å². The number of thioether (sulfide) groups is 1. The zero-order valence-electron chi connectivity index (χ0n) is 9.76. The van der Waals surface area contributed by atoms with Gasteiger partial charge < -0.3 is 5.32 Å². The van der Waals surface area contributed by atoms with Crippen molar-refractivity contribution in [3.8, 4) is 0 Å². The lowest BCUT2D eigenvalue weighted by molar-refractivity contribution is 0.425. The molecule has 2 atom stereocenters. The minimum absolute atomic E-state index is 0.617. The van der Waals surface area contributed by atoms with Gasteiger partial charge in [0.2, 0.25) is 0 Å². The third-order valence-electron chi connectivity index (χ3n) is 2.16. The summed E-state index contributed by atoms with van der Waals surface area (Å²) in [7, 11) is 0. The summed E-state index contributed by atoms with van der Waals surface area (Å²) in [6.07, 6.45) is 4.84. The van der Waals surface area contributed by atoms with Gasteiger partial charge in [0.25, 0.3) is 0 Å². The lowest BCUT2D eigenvalue weighted by atomic mass is 10.0. The molecule has 0 saturated carbocycles. The van der Waals surface area contributed by atoms with Gasteiger partial charge in [0.1, 0.15) is 0 Å². The first-order valence-electron chi connectivity index (χ1n) is 5.31. The quantitative estimate of drug-likeness (QED) is 0.682. The van der Waals surface area contributed by atoms with Crippen molar-refractivity contribution in [2.45, 2.75) is 52.6 Å². The highest BCUT2D eigenvalue weighted by atomic mass is 32.2. The Morgan fingerprint density at radius 2 is 1.69 bits per heavy atom. The minimum atomic E-state index is 0.617. The van der Waals surface area contributed by atoms with Crippen molar-refractivity contribution in [2.24, 2.45) is 5.92 Å². The molecule has 0 aliphatic rings. The summed E-state index contributed by atoms with van der Waals surface area (Å²) in [5, 5.41) is 3.53. The zero-order chi connectivity index (χ0) is 10.3. The van der Waals surface area contributed by atoms with E-state index in [1.165, 1.54) is 18.6 Å². The molecule has 2 heteroatoms. The molecule has 0 amide bonds. The van der Waals surface area contributed by atoms with Gasteiger partial charge in [0.05, 0.1) is 0 Å². The van der Waals surface area contributed by atoms with Crippen LogP contribution in [0, 0.1) is 5.92 Å². The van der Waals surface area contributed by atoms with Gasteiger partial charge in [0.15, 0.2) is 0 Å². The molecule has 0 spiro atoms. The molecule has 0 aromatic carbocycles. The fourth-order valence-corrected chi connectivity index (χ4v) is 2.29. The smallest absolute Gasteiger partial charge is 0.00411 e. The molecule has 0 aromatic heterocycles. The maximum atomic E-state index is 3.53. The Morgan fingerprint density at radius 3 is 2.15 bits per heavy atom. The summed E-state index contributed by atoms with van der Waals surface area (Å²) in [6.45, 7) is 9.05. The van der Waals surface area contributed by atoms with Crippen molar-refractivity contribution in [1.29, 1.82) is 0 Å². The molecule has 0 aliphatic carbocycles.